The summed E-state index contributed by atoms with van der Waals surface area (Å²) in [5.41, 5.74) is 0. The number of fused-ring (bicyclic) bond motifs is 2. The van der Waals surface area contributed by atoms with Crippen molar-refractivity contribution in [2.45, 2.75) is 30.7 Å². The van der Waals surface area contributed by atoms with E-state index in [1.807, 2.05) is 0 Å². The third-order valence-electron chi connectivity index (χ3n) is 4.00. The highest BCUT2D eigenvalue weighted by molar-refractivity contribution is 14.1. The largest absolute Gasteiger partial charge is 0.362 e. The average Bonchev–Trinajstić information content (AvgIpc) is 2.81. The van der Waals surface area contributed by atoms with Crippen LogP contribution in [0.3, 0.4) is 0 Å². The van der Waals surface area contributed by atoms with Crippen LogP contribution in [0.25, 0.3) is 0 Å². The number of carbonyl (C=O) groups excluding carboxylic acids is 2. The van der Waals surface area contributed by atoms with Crippen molar-refractivity contribution in [3.63, 3.8) is 0 Å². The van der Waals surface area contributed by atoms with E-state index < -0.39 is 23.8 Å². The fraction of sp³-hybridized carbons (Fsp3) is 0.818. The minimum Gasteiger partial charge on any atom is -0.362 e. The number of nitrogens with zero attached hydrogens (tertiary/aromatic N) is 2. The topological polar surface area (TPSA) is 99.5 Å². The molecule has 3 aliphatic rings. The first-order valence-electron chi connectivity index (χ1n) is 6.24. The van der Waals surface area contributed by atoms with E-state index in [0.717, 1.165) is 0 Å². The highest BCUT2D eigenvalue weighted by Gasteiger charge is 2.63. The number of β-amino-alcohol motifs (C(OH)–C–C–N with tert-alkyl or cyclic N) is 2. The van der Waals surface area contributed by atoms with Gasteiger partial charge in [0.25, 0.3) is 3.91 Å². The Bertz CT molecular complexity index is 434. The molecular weight excluding hydrogens is 383 g/mol. The third-order valence-corrected chi connectivity index (χ3v) is 4.68. The van der Waals surface area contributed by atoms with Gasteiger partial charge in [-0.1, -0.05) is 0 Å². The van der Waals surface area contributed by atoms with Crippen LogP contribution in [-0.4, -0.2) is 79.8 Å². The van der Waals surface area contributed by atoms with Gasteiger partial charge >= 0.3 is 0 Å². The van der Waals surface area contributed by atoms with E-state index in [2.05, 4.69) is 0 Å². The summed E-state index contributed by atoms with van der Waals surface area (Å²) in [4.78, 5) is 25.6. The molecule has 0 aliphatic carbocycles. The zero-order valence-electron chi connectivity index (χ0n) is 10.8. The Morgan fingerprint density at radius 3 is 2.00 bits per heavy atom. The van der Waals surface area contributed by atoms with Gasteiger partial charge < -0.3 is 29.5 Å². The quantitative estimate of drug-likeness (QED) is 0.305. The highest BCUT2D eigenvalue weighted by Crippen LogP contribution is 2.41. The van der Waals surface area contributed by atoms with Crippen LogP contribution in [-0.2, 0) is 14.3 Å². The van der Waals surface area contributed by atoms with Crippen molar-refractivity contribution in [1.29, 1.82) is 0 Å². The third kappa shape index (κ3) is 2.11. The summed E-state index contributed by atoms with van der Waals surface area (Å²) in [6, 6.07) is 0. The minimum absolute atomic E-state index is 0.00222. The standard InChI is InChI=1S/C11H15IN2O6/c1-6(15)13-2-7-10(17,4-13)20-8-3-14(9(12)16)5-11(8,18)19-7/h7-8,17-18H,2-5H2,1H3/t7-,8-,10+,11-/m0/s1. The Morgan fingerprint density at radius 1 is 1.10 bits per heavy atom. The summed E-state index contributed by atoms with van der Waals surface area (Å²) in [5, 5.41) is 20.9. The molecule has 2 amide bonds. The molecule has 0 unspecified atom stereocenters. The maximum Gasteiger partial charge on any atom is 0.283 e. The van der Waals surface area contributed by atoms with E-state index in [1.54, 1.807) is 22.6 Å². The summed E-state index contributed by atoms with van der Waals surface area (Å²) < 4.78 is 10.9. The minimum atomic E-state index is -1.63. The molecule has 0 aromatic rings. The number of likely N-dealkylation sites (tertiary alicyclic amines) is 2. The zero-order valence-corrected chi connectivity index (χ0v) is 12.9. The van der Waals surface area contributed by atoms with Crippen LogP contribution in [0.2, 0.25) is 0 Å². The van der Waals surface area contributed by atoms with Gasteiger partial charge in [0, 0.05) is 29.5 Å². The lowest BCUT2D eigenvalue weighted by Crippen LogP contribution is -2.63. The predicted molar refractivity (Wildman–Crippen MR) is 72.9 cm³/mol. The van der Waals surface area contributed by atoms with E-state index in [9.17, 15) is 19.8 Å². The first-order valence-corrected chi connectivity index (χ1v) is 7.32. The lowest BCUT2D eigenvalue weighted by Gasteiger charge is -2.43. The Morgan fingerprint density at radius 2 is 1.55 bits per heavy atom. The number of amides is 2. The zero-order chi connectivity index (χ0) is 14.7. The fourth-order valence-electron chi connectivity index (χ4n) is 2.92. The monoisotopic (exact) mass is 398 g/mol. The Balaban J connectivity index is 1.81. The van der Waals surface area contributed by atoms with Gasteiger partial charge in [-0.3, -0.25) is 9.59 Å². The number of hydrogen-bond donors (Lipinski definition) is 2. The molecule has 4 atom stereocenters. The number of aliphatic hydroxyl groups is 2. The first-order chi connectivity index (χ1) is 9.23. The van der Waals surface area contributed by atoms with Crippen molar-refractivity contribution < 1.29 is 29.3 Å². The summed E-state index contributed by atoms with van der Waals surface area (Å²) in [7, 11) is 0. The second-order valence-electron chi connectivity index (χ2n) is 5.44. The Labute approximate surface area is 128 Å². The van der Waals surface area contributed by atoms with Crippen LogP contribution in [0, 0.1) is 0 Å². The van der Waals surface area contributed by atoms with Crippen molar-refractivity contribution in [1.82, 2.24) is 9.80 Å². The molecule has 20 heavy (non-hydrogen) atoms. The predicted octanol–water partition coefficient (Wildman–Crippen LogP) is -1.12. The van der Waals surface area contributed by atoms with E-state index in [-0.39, 0.29) is 36.0 Å². The van der Waals surface area contributed by atoms with Gasteiger partial charge in [0.05, 0.1) is 26.2 Å². The molecule has 3 heterocycles. The summed E-state index contributed by atoms with van der Waals surface area (Å²) in [6.07, 6.45) is -1.65. The molecule has 8 nitrogen and oxygen atoms in total. The number of ether oxygens (including phenoxy) is 2. The fourth-order valence-corrected chi connectivity index (χ4v) is 3.28. The SMILES string of the molecule is CC(=O)N1C[C@@H]2O[C@@]3(O)CN(C(=O)I)C[C@@H]3O[C@]2(O)C1. The molecule has 0 radical (unpaired) electrons. The number of carbonyl (C=O) groups is 2. The van der Waals surface area contributed by atoms with Crippen molar-refractivity contribution >= 4 is 32.4 Å². The molecule has 112 valence electrons. The molecule has 3 rings (SSSR count). The van der Waals surface area contributed by atoms with Gasteiger partial charge in [0.2, 0.25) is 17.5 Å². The van der Waals surface area contributed by atoms with E-state index in [4.69, 9.17) is 9.47 Å². The van der Waals surface area contributed by atoms with Crippen molar-refractivity contribution in [2.24, 2.45) is 0 Å². The van der Waals surface area contributed by atoms with Crippen molar-refractivity contribution in [2.75, 3.05) is 26.2 Å². The van der Waals surface area contributed by atoms with E-state index in [1.165, 1.54) is 16.7 Å². The van der Waals surface area contributed by atoms with Crippen LogP contribution >= 0.6 is 22.6 Å². The molecule has 3 aliphatic heterocycles. The number of halogens is 1. The molecular formula is C11H15IN2O6. The van der Waals surface area contributed by atoms with Crippen LogP contribution in [0.1, 0.15) is 6.92 Å². The maximum absolute atomic E-state index is 11.4. The normalized spacial score (nSPS) is 43.4. The Hall–Kier alpha value is -0.490. The summed E-state index contributed by atoms with van der Waals surface area (Å²) >= 11 is 1.62. The van der Waals surface area contributed by atoms with E-state index >= 15 is 0 Å². The summed E-state index contributed by atoms with van der Waals surface area (Å²) in [6.45, 7) is 1.68. The van der Waals surface area contributed by atoms with Gasteiger partial charge in [-0.05, 0) is 0 Å². The van der Waals surface area contributed by atoms with Crippen LogP contribution in [0.5, 0.6) is 0 Å². The highest BCUT2D eigenvalue weighted by atomic mass is 127. The smallest absolute Gasteiger partial charge is 0.283 e. The molecule has 3 fully saturated rings. The van der Waals surface area contributed by atoms with Gasteiger partial charge in [0.1, 0.15) is 12.2 Å². The van der Waals surface area contributed by atoms with Gasteiger partial charge in [-0.2, -0.15) is 0 Å². The number of hydrogen-bond acceptors (Lipinski definition) is 6. The number of rotatable bonds is 0. The second kappa shape index (κ2) is 4.50. The second-order valence-corrected chi connectivity index (χ2v) is 6.36. The van der Waals surface area contributed by atoms with Crippen LogP contribution in [0.15, 0.2) is 0 Å². The molecule has 0 aromatic heterocycles. The Kier molecular flexibility index (Phi) is 3.25. The van der Waals surface area contributed by atoms with Crippen molar-refractivity contribution in [3.8, 4) is 0 Å². The van der Waals surface area contributed by atoms with Crippen molar-refractivity contribution in [3.05, 3.63) is 0 Å². The molecule has 0 aromatic carbocycles. The molecule has 0 spiro atoms. The lowest BCUT2D eigenvalue weighted by atomic mass is 10.1. The maximum atomic E-state index is 11.4. The molecule has 0 saturated carbocycles. The van der Waals surface area contributed by atoms with Crippen LogP contribution < -0.4 is 0 Å². The molecule has 9 heteroatoms. The lowest BCUT2D eigenvalue weighted by molar-refractivity contribution is -0.396. The van der Waals surface area contributed by atoms with E-state index in [0.29, 0.717) is 0 Å². The average molecular weight is 398 g/mol. The molecule has 2 N–H and O–H groups in total. The summed E-state index contributed by atoms with van der Waals surface area (Å²) in [5.74, 6) is -3.46. The molecule has 3 saturated heterocycles. The first kappa shape index (κ1) is 14.4. The van der Waals surface area contributed by atoms with Gasteiger partial charge in [0.15, 0.2) is 0 Å². The van der Waals surface area contributed by atoms with Gasteiger partial charge in [-0.15, -0.1) is 0 Å². The molecule has 0 bridgehead atoms. The van der Waals surface area contributed by atoms with Crippen LogP contribution in [0.4, 0.5) is 4.79 Å². The van der Waals surface area contributed by atoms with Gasteiger partial charge in [-0.25, -0.2) is 0 Å².